The van der Waals surface area contributed by atoms with Crippen LogP contribution >= 0.6 is 0 Å². The van der Waals surface area contributed by atoms with Crippen LogP contribution in [0.3, 0.4) is 0 Å². The second-order valence-corrected chi connectivity index (χ2v) is 8.67. The number of oxazole rings is 1. The third-order valence-electron chi connectivity index (χ3n) is 6.29. The summed E-state index contributed by atoms with van der Waals surface area (Å²) in [5.41, 5.74) is 3.01. The van der Waals surface area contributed by atoms with Gasteiger partial charge in [-0.25, -0.2) is 9.78 Å². The molecule has 0 bridgehead atoms. The molecular formula is C27H26N4O5. The average molecular weight is 487 g/mol. The van der Waals surface area contributed by atoms with Crippen LogP contribution in [0, 0.1) is 0 Å². The summed E-state index contributed by atoms with van der Waals surface area (Å²) < 4.78 is 11.8. The molecule has 2 amide bonds. The fraction of sp³-hybridized carbons (Fsp3) is 0.259. The zero-order valence-electron chi connectivity index (χ0n) is 19.9. The monoisotopic (exact) mass is 486 g/mol. The Morgan fingerprint density at radius 3 is 2.56 bits per heavy atom. The molecule has 0 spiro atoms. The van der Waals surface area contributed by atoms with Crippen LogP contribution in [-0.2, 0) is 11.3 Å². The van der Waals surface area contributed by atoms with Crippen molar-refractivity contribution < 1.29 is 18.7 Å². The van der Waals surface area contributed by atoms with E-state index in [2.05, 4.69) is 10.3 Å². The van der Waals surface area contributed by atoms with E-state index >= 15 is 0 Å². The predicted octanol–water partition coefficient (Wildman–Crippen LogP) is 3.93. The molecule has 0 radical (unpaired) electrons. The van der Waals surface area contributed by atoms with Crippen molar-refractivity contribution >= 4 is 28.6 Å². The second-order valence-electron chi connectivity index (χ2n) is 8.67. The van der Waals surface area contributed by atoms with Crippen molar-refractivity contribution in [3.63, 3.8) is 0 Å². The van der Waals surface area contributed by atoms with E-state index in [4.69, 9.17) is 9.15 Å². The van der Waals surface area contributed by atoms with E-state index in [0.717, 1.165) is 30.6 Å². The van der Waals surface area contributed by atoms with Crippen LogP contribution in [-0.4, -0.2) is 46.5 Å². The number of likely N-dealkylation sites (tertiary alicyclic amines) is 1. The van der Waals surface area contributed by atoms with Crippen molar-refractivity contribution in [1.82, 2.24) is 14.5 Å². The van der Waals surface area contributed by atoms with E-state index in [1.165, 1.54) is 4.57 Å². The highest BCUT2D eigenvalue weighted by molar-refractivity contribution is 6.04. The van der Waals surface area contributed by atoms with Gasteiger partial charge in [0.05, 0.1) is 18.3 Å². The normalized spacial score (nSPS) is 13.5. The fourth-order valence-electron chi connectivity index (χ4n) is 4.35. The Balaban J connectivity index is 1.36. The van der Waals surface area contributed by atoms with Gasteiger partial charge >= 0.3 is 5.76 Å². The Kier molecular flexibility index (Phi) is 6.53. The lowest BCUT2D eigenvalue weighted by Crippen LogP contribution is -2.39. The number of benzene rings is 2. The van der Waals surface area contributed by atoms with E-state index in [9.17, 15) is 14.4 Å². The van der Waals surface area contributed by atoms with Crippen molar-refractivity contribution in [1.29, 1.82) is 0 Å². The summed E-state index contributed by atoms with van der Waals surface area (Å²) in [6.07, 6.45) is 3.05. The molecular weight excluding hydrogens is 460 g/mol. The maximum atomic E-state index is 13.0. The van der Waals surface area contributed by atoms with Crippen molar-refractivity contribution in [2.24, 2.45) is 0 Å². The van der Waals surface area contributed by atoms with Gasteiger partial charge in [0.1, 0.15) is 18.0 Å². The number of amides is 2. The van der Waals surface area contributed by atoms with Crippen molar-refractivity contribution in [3.05, 3.63) is 76.9 Å². The zero-order chi connectivity index (χ0) is 25.1. The van der Waals surface area contributed by atoms with Gasteiger partial charge in [-0.05, 0) is 73.9 Å². The molecule has 1 aliphatic rings. The molecule has 36 heavy (non-hydrogen) atoms. The lowest BCUT2D eigenvalue weighted by atomic mass is 10.1. The third kappa shape index (κ3) is 4.86. The fourth-order valence-corrected chi connectivity index (χ4v) is 4.35. The number of ether oxygens (including phenoxy) is 1. The number of fused-ring (bicyclic) bond motifs is 1. The molecule has 1 N–H and O–H groups in total. The Morgan fingerprint density at radius 1 is 1.03 bits per heavy atom. The Morgan fingerprint density at radius 2 is 1.81 bits per heavy atom. The number of piperidine rings is 1. The molecule has 1 saturated heterocycles. The van der Waals surface area contributed by atoms with Gasteiger partial charge in [-0.3, -0.25) is 14.2 Å². The second kappa shape index (κ2) is 10.1. The smallest absolute Gasteiger partial charge is 0.420 e. The number of aromatic nitrogens is 2. The number of anilines is 1. The van der Waals surface area contributed by atoms with Crippen LogP contribution in [0.4, 0.5) is 5.69 Å². The number of nitrogens with one attached hydrogen (secondary N) is 1. The van der Waals surface area contributed by atoms with Crippen LogP contribution < -0.4 is 15.8 Å². The molecule has 2 aromatic carbocycles. The van der Waals surface area contributed by atoms with Crippen LogP contribution in [0.5, 0.6) is 5.75 Å². The third-order valence-corrected chi connectivity index (χ3v) is 6.29. The Hall–Kier alpha value is -4.40. The molecule has 9 heteroatoms. The molecule has 3 heterocycles. The van der Waals surface area contributed by atoms with Crippen LogP contribution in [0.1, 0.15) is 29.8 Å². The van der Waals surface area contributed by atoms with Gasteiger partial charge in [0.2, 0.25) is 5.91 Å². The molecule has 5 rings (SSSR count). The molecule has 184 valence electrons. The minimum absolute atomic E-state index is 0.102. The highest BCUT2D eigenvalue weighted by Gasteiger charge is 2.20. The predicted molar refractivity (Wildman–Crippen MR) is 135 cm³/mol. The first-order valence-electron chi connectivity index (χ1n) is 11.9. The average Bonchev–Trinajstić information content (AvgIpc) is 3.23. The Labute approximate surface area is 207 Å². The summed E-state index contributed by atoms with van der Waals surface area (Å²) in [5, 5.41) is 2.83. The van der Waals surface area contributed by atoms with Crippen molar-refractivity contribution in [2.75, 3.05) is 25.5 Å². The van der Waals surface area contributed by atoms with Crippen molar-refractivity contribution in [2.45, 2.75) is 25.8 Å². The van der Waals surface area contributed by atoms with Gasteiger partial charge in [-0.1, -0.05) is 6.07 Å². The number of methoxy groups -OCH3 is 1. The highest BCUT2D eigenvalue weighted by Crippen LogP contribution is 2.22. The lowest BCUT2D eigenvalue weighted by Gasteiger charge is -2.26. The Bertz CT molecular complexity index is 1470. The quantitative estimate of drug-likeness (QED) is 0.443. The van der Waals surface area contributed by atoms with Crippen molar-refractivity contribution in [3.8, 4) is 17.0 Å². The summed E-state index contributed by atoms with van der Waals surface area (Å²) in [7, 11) is 1.60. The van der Waals surface area contributed by atoms with E-state index in [1.807, 2.05) is 30.3 Å². The highest BCUT2D eigenvalue weighted by atomic mass is 16.5. The molecule has 0 saturated carbocycles. The van der Waals surface area contributed by atoms with E-state index < -0.39 is 11.7 Å². The number of pyridine rings is 1. The first-order chi connectivity index (χ1) is 17.5. The molecule has 1 fully saturated rings. The summed E-state index contributed by atoms with van der Waals surface area (Å²) in [6.45, 7) is 1.30. The van der Waals surface area contributed by atoms with Gasteiger partial charge in [0.15, 0.2) is 5.58 Å². The van der Waals surface area contributed by atoms with E-state index in [0.29, 0.717) is 35.6 Å². The standard InChI is InChI=1S/C27H26N4O5/c1-35-20-11-8-18(9-12-20)21-6-5-7-22(29-21)26(33)28-19-10-13-24-23(16-19)31(27(34)36-24)17-25(32)30-14-3-2-4-15-30/h5-13,16H,2-4,14-15,17H2,1H3,(H,28,33). The minimum Gasteiger partial charge on any atom is -0.497 e. The summed E-state index contributed by atoms with van der Waals surface area (Å²) in [6, 6.07) is 17.5. The first kappa shape index (κ1) is 23.3. The maximum Gasteiger partial charge on any atom is 0.420 e. The van der Waals surface area contributed by atoms with E-state index in [-0.39, 0.29) is 18.1 Å². The van der Waals surface area contributed by atoms with Gasteiger partial charge in [0.25, 0.3) is 5.91 Å². The number of carbonyl (C=O) groups excluding carboxylic acids is 2. The van der Waals surface area contributed by atoms with Crippen LogP contribution in [0.2, 0.25) is 0 Å². The summed E-state index contributed by atoms with van der Waals surface area (Å²) in [4.78, 5) is 44.4. The topological polar surface area (TPSA) is 107 Å². The molecule has 2 aromatic heterocycles. The largest absolute Gasteiger partial charge is 0.497 e. The van der Waals surface area contributed by atoms with E-state index in [1.54, 1.807) is 42.3 Å². The molecule has 9 nitrogen and oxygen atoms in total. The zero-order valence-corrected chi connectivity index (χ0v) is 19.9. The minimum atomic E-state index is -0.604. The van der Waals surface area contributed by atoms with Crippen LogP contribution in [0.15, 0.2) is 69.9 Å². The molecule has 0 unspecified atom stereocenters. The summed E-state index contributed by atoms with van der Waals surface area (Å²) in [5.74, 6) is -0.383. The van der Waals surface area contributed by atoms with Gasteiger partial charge in [-0.15, -0.1) is 0 Å². The first-order valence-corrected chi connectivity index (χ1v) is 11.9. The number of hydrogen-bond donors (Lipinski definition) is 1. The number of nitrogens with zero attached hydrogens (tertiary/aromatic N) is 3. The maximum absolute atomic E-state index is 13.0. The van der Waals surface area contributed by atoms with Gasteiger partial charge in [-0.2, -0.15) is 0 Å². The molecule has 1 aliphatic heterocycles. The van der Waals surface area contributed by atoms with Crippen LogP contribution in [0.25, 0.3) is 22.4 Å². The molecule has 0 atom stereocenters. The number of carbonyl (C=O) groups is 2. The van der Waals surface area contributed by atoms with Gasteiger partial charge in [0, 0.05) is 24.3 Å². The summed E-state index contributed by atoms with van der Waals surface area (Å²) >= 11 is 0. The van der Waals surface area contributed by atoms with Gasteiger partial charge < -0.3 is 19.4 Å². The number of rotatable bonds is 6. The SMILES string of the molecule is COc1ccc(-c2cccc(C(=O)Nc3ccc4oc(=O)n(CC(=O)N5CCCCC5)c4c3)n2)cc1. The molecule has 4 aromatic rings. The molecule has 0 aliphatic carbocycles. The number of hydrogen-bond acceptors (Lipinski definition) is 6. The lowest BCUT2D eigenvalue weighted by molar-refractivity contribution is -0.132.